The third-order valence-electron chi connectivity index (χ3n) is 3.22. The van der Waals surface area contributed by atoms with Gasteiger partial charge in [0.05, 0.1) is 7.11 Å². The van der Waals surface area contributed by atoms with E-state index in [2.05, 4.69) is 27.2 Å². The molecular weight excluding hydrogens is 230 g/mol. The second-order valence-electron chi connectivity index (χ2n) is 4.72. The molecule has 1 heterocycles. The van der Waals surface area contributed by atoms with E-state index in [1.54, 1.807) is 12.1 Å². The van der Waals surface area contributed by atoms with Gasteiger partial charge in [0.1, 0.15) is 5.82 Å². The van der Waals surface area contributed by atoms with Crippen LogP contribution in [0.2, 0.25) is 0 Å². The lowest BCUT2D eigenvalue weighted by molar-refractivity contribution is 0.0593. The molecule has 1 atom stereocenters. The van der Waals surface area contributed by atoms with E-state index in [1.165, 1.54) is 26.4 Å². The number of methoxy groups -OCH3 is 1. The first kappa shape index (κ1) is 12.8. The number of hydrogen-bond acceptors (Lipinski definition) is 5. The average molecular weight is 249 g/mol. The van der Waals surface area contributed by atoms with E-state index in [-0.39, 0.29) is 5.69 Å². The highest BCUT2D eigenvalue weighted by atomic mass is 16.5. The number of nitrogens with one attached hydrogen (secondary N) is 1. The highest BCUT2D eigenvalue weighted by molar-refractivity contribution is 5.86. The number of anilines is 1. The molecule has 0 amide bonds. The lowest BCUT2D eigenvalue weighted by Gasteiger charge is -2.16. The van der Waals surface area contributed by atoms with E-state index >= 15 is 0 Å². The molecule has 0 bridgehead atoms. The molecule has 0 saturated heterocycles. The highest BCUT2D eigenvalue weighted by Crippen LogP contribution is 2.34. The zero-order chi connectivity index (χ0) is 13.0. The summed E-state index contributed by atoms with van der Waals surface area (Å²) in [6.45, 7) is 2.16. The quantitative estimate of drug-likeness (QED) is 0.783. The summed E-state index contributed by atoms with van der Waals surface area (Å²) in [6.07, 6.45) is 4.96. The SMILES string of the molecule is CCC(CC1CC1)Nc1ccc(C(=O)OC)nn1. The molecule has 1 saturated carbocycles. The minimum absolute atomic E-state index is 0.235. The first-order valence-corrected chi connectivity index (χ1v) is 6.41. The van der Waals surface area contributed by atoms with E-state index in [4.69, 9.17) is 0 Å². The standard InChI is InChI=1S/C13H19N3O2/c1-3-10(8-9-4-5-9)14-12-7-6-11(15-16-12)13(17)18-2/h6-7,9-10H,3-5,8H2,1-2H3,(H,14,16). The Labute approximate surface area is 107 Å². The van der Waals surface area contributed by atoms with Crippen molar-refractivity contribution in [1.82, 2.24) is 10.2 Å². The van der Waals surface area contributed by atoms with Crippen LogP contribution in [-0.2, 0) is 4.74 Å². The van der Waals surface area contributed by atoms with Crippen LogP contribution in [0.3, 0.4) is 0 Å². The van der Waals surface area contributed by atoms with Crippen molar-refractivity contribution in [3.63, 3.8) is 0 Å². The van der Waals surface area contributed by atoms with E-state index < -0.39 is 5.97 Å². The van der Waals surface area contributed by atoms with Gasteiger partial charge in [-0.3, -0.25) is 0 Å². The van der Waals surface area contributed by atoms with E-state index in [0.717, 1.165) is 18.2 Å². The molecule has 1 aliphatic carbocycles. The monoisotopic (exact) mass is 249 g/mol. The largest absolute Gasteiger partial charge is 0.464 e. The van der Waals surface area contributed by atoms with Crippen molar-refractivity contribution in [3.05, 3.63) is 17.8 Å². The van der Waals surface area contributed by atoms with Crippen molar-refractivity contribution in [2.45, 2.75) is 38.6 Å². The summed E-state index contributed by atoms with van der Waals surface area (Å²) in [5, 5.41) is 11.2. The molecule has 18 heavy (non-hydrogen) atoms. The van der Waals surface area contributed by atoms with Gasteiger partial charge >= 0.3 is 5.97 Å². The molecule has 1 aromatic rings. The molecule has 1 unspecified atom stereocenters. The summed E-state index contributed by atoms with van der Waals surface area (Å²) in [6, 6.07) is 3.84. The van der Waals surface area contributed by atoms with Crippen LogP contribution in [0.5, 0.6) is 0 Å². The predicted octanol–water partition coefficient (Wildman–Crippen LogP) is 2.25. The number of aromatic nitrogens is 2. The topological polar surface area (TPSA) is 64.1 Å². The number of esters is 1. The van der Waals surface area contributed by atoms with Crippen LogP contribution in [0.4, 0.5) is 5.82 Å². The number of ether oxygens (including phenoxy) is 1. The number of rotatable bonds is 6. The summed E-state index contributed by atoms with van der Waals surface area (Å²) in [5.74, 6) is 1.14. The Hall–Kier alpha value is -1.65. The van der Waals surface area contributed by atoms with Crippen molar-refractivity contribution < 1.29 is 9.53 Å². The predicted molar refractivity (Wildman–Crippen MR) is 68.4 cm³/mol. The molecule has 5 nitrogen and oxygen atoms in total. The molecule has 0 aromatic carbocycles. The van der Waals surface area contributed by atoms with Crippen molar-refractivity contribution in [2.24, 2.45) is 5.92 Å². The fraction of sp³-hybridized carbons (Fsp3) is 0.615. The van der Waals surface area contributed by atoms with E-state index in [1.807, 2.05) is 0 Å². The number of carbonyl (C=O) groups excluding carboxylic acids is 1. The Kier molecular flexibility index (Phi) is 4.12. The maximum atomic E-state index is 11.2. The number of carbonyl (C=O) groups is 1. The minimum Gasteiger partial charge on any atom is -0.464 e. The lowest BCUT2D eigenvalue weighted by Crippen LogP contribution is -2.20. The average Bonchev–Trinajstić information content (AvgIpc) is 3.22. The molecule has 0 aliphatic heterocycles. The van der Waals surface area contributed by atoms with Crippen molar-refractivity contribution >= 4 is 11.8 Å². The maximum Gasteiger partial charge on any atom is 0.358 e. The molecule has 0 radical (unpaired) electrons. The van der Waals surface area contributed by atoms with Gasteiger partial charge in [-0.05, 0) is 30.9 Å². The van der Waals surface area contributed by atoms with Crippen LogP contribution >= 0.6 is 0 Å². The second kappa shape index (κ2) is 5.80. The van der Waals surface area contributed by atoms with Gasteiger partial charge in [-0.25, -0.2) is 4.79 Å². The minimum atomic E-state index is -0.459. The van der Waals surface area contributed by atoms with Gasteiger partial charge < -0.3 is 10.1 Å². The molecule has 98 valence electrons. The first-order valence-electron chi connectivity index (χ1n) is 6.41. The Morgan fingerprint density at radius 2 is 2.28 bits per heavy atom. The van der Waals surface area contributed by atoms with Gasteiger partial charge in [0.15, 0.2) is 5.69 Å². The molecule has 2 rings (SSSR count). The zero-order valence-electron chi connectivity index (χ0n) is 10.8. The molecule has 1 N–H and O–H groups in total. The van der Waals surface area contributed by atoms with Gasteiger partial charge in [0.2, 0.25) is 0 Å². The molecule has 5 heteroatoms. The van der Waals surface area contributed by atoms with Crippen molar-refractivity contribution in [2.75, 3.05) is 12.4 Å². The first-order chi connectivity index (χ1) is 8.72. The Morgan fingerprint density at radius 3 is 2.78 bits per heavy atom. The normalized spacial score (nSPS) is 16.1. The van der Waals surface area contributed by atoms with Crippen molar-refractivity contribution in [1.29, 1.82) is 0 Å². The smallest absolute Gasteiger partial charge is 0.358 e. The summed E-state index contributed by atoms with van der Waals surface area (Å²) >= 11 is 0. The third kappa shape index (κ3) is 3.42. The Morgan fingerprint density at radius 1 is 1.50 bits per heavy atom. The van der Waals surface area contributed by atoms with Crippen LogP contribution in [0.15, 0.2) is 12.1 Å². The van der Waals surface area contributed by atoms with Crippen LogP contribution < -0.4 is 5.32 Å². The van der Waals surface area contributed by atoms with E-state index in [9.17, 15) is 4.79 Å². The maximum absolute atomic E-state index is 11.2. The molecule has 1 aromatic heterocycles. The van der Waals surface area contributed by atoms with Gasteiger partial charge in [-0.1, -0.05) is 19.8 Å². The van der Waals surface area contributed by atoms with Gasteiger partial charge in [0.25, 0.3) is 0 Å². The number of nitrogens with zero attached hydrogens (tertiary/aromatic N) is 2. The summed E-state index contributed by atoms with van der Waals surface area (Å²) in [4.78, 5) is 11.2. The van der Waals surface area contributed by atoms with Crippen molar-refractivity contribution in [3.8, 4) is 0 Å². The zero-order valence-corrected chi connectivity index (χ0v) is 10.8. The third-order valence-corrected chi connectivity index (χ3v) is 3.22. The number of hydrogen-bond donors (Lipinski definition) is 1. The molecule has 1 aliphatic rings. The van der Waals surface area contributed by atoms with Crippen LogP contribution in [0.25, 0.3) is 0 Å². The Bertz CT molecular complexity index is 401. The fourth-order valence-electron chi connectivity index (χ4n) is 1.92. The van der Waals surface area contributed by atoms with Crippen LogP contribution in [0, 0.1) is 5.92 Å². The molecule has 1 fully saturated rings. The van der Waals surface area contributed by atoms with Crippen LogP contribution in [0.1, 0.15) is 43.1 Å². The van der Waals surface area contributed by atoms with Gasteiger partial charge in [-0.15, -0.1) is 10.2 Å². The summed E-state index contributed by atoms with van der Waals surface area (Å²) < 4.78 is 4.58. The molecular formula is C13H19N3O2. The second-order valence-corrected chi connectivity index (χ2v) is 4.72. The molecule has 0 spiro atoms. The van der Waals surface area contributed by atoms with Gasteiger partial charge in [-0.2, -0.15) is 0 Å². The van der Waals surface area contributed by atoms with Crippen LogP contribution in [-0.4, -0.2) is 29.3 Å². The summed E-state index contributed by atoms with van der Waals surface area (Å²) in [7, 11) is 1.33. The van der Waals surface area contributed by atoms with E-state index in [0.29, 0.717) is 6.04 Å². The fourth-order valence-corrected chi connectivity index (χ4v) is 1.92. The lowest BCUT2D eigenvalue weighted by atomic mass is 10.1. The Balaban J connectivity index is 1.93. The van der Waals surface area contributed by atoms with Gasteiger partial charge in [0, 0.05) is 6.04 Å². The summed E-state index contributed by atoms with van der Waals surface area (Å²) in [5.41, 5.74) is 0.235. The highest BCUT2D eigenvalue weighted by Gasteiger charge is 2.24.